The van der Waals surface area contributed by atoms with Gasteiger partial charge in [0, 0.05) is 6.21 Å². The van der Waals surface area contributed by atoms with Gasteiger partial charge in [0.25, 0.3) is 0 Å². The first-order chi connectivity index (χ1) is 9.41. The molecule has 0 aromatic heterocycles. The Morgan fingerprint density at radius 1 is 0.737 bits per heavy atom. The van der Waals surface area contributed by atoms with E-state index in [-0.39, 0.29) is 0 Å². The molecule has 2 N–H and O–H groups in total. The molecular formula is C16H34N2O. The second-order valence-electron chi connectivity index (χ2n) is 5.44. The molecule has 0 fully saturated rings. The van der Waals surface area contributed by atoms with Gasteiger partial charge in [-0.1, -0.05) is 84.0 Å². The van der Waals surface area contributed by atoms with E-state index in [4.69, 9.17) is 5.21 Å². The lowest BCUT2D eigenvalue weighted by molar-refractivity contribution is 0.172. The normalized spacial score (nSPS) is 11.3. The molecule has 19 heavy (non-hydrogen) atoms. The first-order valence-corrected chi connectivity index (χ1v) is 8.32. The molecule has 0 aliphatic heterocycles. The zero-order valence-electron chi connectivity index (χ0n) is 12.9. The van der Waals surface area contributed by atoms with E-state index < -0.39 is 0 Å². The van der Waals surface area contributed by atoms with Crippen LogP contribution in [0.25, 0.3) is 0 Å². The maximum absolute atomic E-state index is 8.22. The molecule has 0 saturated heterocycles. The maximum Gasteiger partial charge on any atom is 0.0267 e. The van der Waals surface area contributed by atoms with Crippen LogP contribution in [0, 0.1) is 0 Å². The lowest BCUT2D eigenvalue weighted by atomic mass is 10.0. The number of rotatable bonds is 15. The van der Waals surface area contributed by atoms with Crippen molar-refractivity contribution in [2.24, 2.45) is 5.10 Å². The molecule has 0 amide bonds. The summed E-state index contributed by atoms with van der Waals surface area (Å²) in [5.74, 6) is 0. The van der Waals surface area contributed by atoms with Crippen LogP contribution >= 0.6 is 0 Å². The predicted octanol–water partition coefficient (Wildman–Crippen LogP) is 5.43. The molecule has 0 bridgehead atoms. The van der Waals surface area contributed by atoms with E-state index in [1.165, 1.54) is 83.5 Å². The van der Waals surface area contributed by atoms with Crippen molar-refractivity contribution in [1.82, 2.24) is 5.59 Å². The molecule has 0 heterocycles. The second kappa shape index (κ2) is 17.4. The Balaban J connectivity index is 2.93. The van der Waals surface area contributed by atoms with Crippen LogP contribution in [0.3, 0.4) is 0 Å². The summed E-state index contributed by atoms with van der Waals surface area (Å²) >= 11 is 0. The summed E-state index contributed by atoms with van der Waals surface area (Å²) in [5.41, 5.74) is 1.78. The largest absolute Gasteiger partial charge is 0.274 e. The van der Waals surface area contributed by atoms with Gasteiger partial charge in [0.05, 0.1) is 0 Å². The second-order valence-corrected chi connectivity index (χ2v) is 5.44. The molecule has 0 unspecified atom stereocenters. The van der Waals surface area contributed by atoms with Crippen LogP contribution in [0.4, 0.5) is 0 Å². The maximum atomic E-state index is 8.22. The van der Waals surface area contributed by atoms with Crippen LogP contribution < -0.4 is 5.59 Å². The van der Waals surface area contributed by atoms with Crippen LogP contribution in [0.2, 0.25) is 0 Å². The van der Waals surface area contributed by atoms with Gasteiger partial charge in [-0.15, -0.1) is 0 Å². The minimum atomic E-state index is 0.964. The average molecular weight is 270 g/mol. The third-order valence-corrected chi connectivity index (χ3v) is 3.59. The van der Waals surface area contributed by atoms with Gasteiger partial charge < -0.3 is 0 Å². The van der Waals surface area contributed by atoms with E-state index in [9.17, 15) is 0 Å². The molecule has 0 aliphatic carbocycles. The molecule has 114 valence electrons. The standard InChI is InChI=1S/C16H34N2O/c1-2-3-4-5-6-7-8-9-10-11-12-13-14-15-16-17-18-19/h16,18-19H,2-15H2,1H3. The molecule has 0 aromatic rings. The minimum Gasteiger partial charge on any atom is -0.274 e. The van der Waals surface area contributed by atoms with Crippen molar-refractivity contribution in [3.63, 3.8) is 0 Å². The van der Waals surface area contributed by atoms with Crippen LogP contribution in [0.5, 0.6) is 0 Å². The summed E-state index contributed by atoms with van der Waals surface area (Å²) in [7, 11) is 0. The van der Waals surface area contributed by atoms with Crippen molar-refractivity contribution in [2.45, 2.75) is 96.8 Å². The zero-order valence-corrected chi connectivity index (χ0v) is 12.9. The molecule has 0 atom stereocenters. The van der Waals surface area contributed by atoms with Crippen LogP contribution in [0.15, 0.2) is 5.10 Å². The number of hydrazone groups is 1. The highest BCUT2D eigenvalue weighted by molar-refractivity contribution is 5.56. The Hall–Kier alpha value is -0.570. The van der Waals surface area contributed by atoms with Crippen LogP contribution in [-0.2, 0) is 0 Å². The number of unbranched alkanes of at least 4 members (excludes halogenated alkanes) is 13. The van der Waals surface area contributed by atoms with E-state index in [0.717, 1.165) is 6.42 Å². The Morgan fingerprint density at radius 3 is 1.58 bits per heavy atom. The molecule has 0 aromatic carbocycles. The zero-order chi connectivity index (χ0) is 14.0. The smallest absolute Gasteiger partial charge is 0.0267 e. The fraction of sp³-hybridized carbons (Fsp3) is 0.938. The van der Waals surface area contributed by atoms with Crippen molar-refractivity contribution in [1.29, 1.82) is 0 Å². The molecule has 0 aliphatic rings. The van der Waals surface area contributed by atoms with Crippen molar-refractivity contribution in [3.05, 3.63) is 0 Å². The number of nitrogens with zero attached hydrogens (tertiary/aromatic N) is 1. The fourth-order valence-electron chi connectivity index (χ4n) is 2.36. The molecule has 0 rings (SSSR count). The van der Waals surface area contributed by atoms with Gasteiger partial charge in [-0.05, 0) is 12.8 Å². The summed E-state index contributed by atoms with van der Waals surface area (Å²) in [6.07, 6.45) is 20.7. The highest BCUT2D eigenvalue weighted by atomic mass is 16.5. The van der Waals surface area contributed by atoms with Gasteiger partial charge in [0.1, 0.15) is 0 Å². The number of nitrogens with one attached hydrogen (secondary N) is 1. The van der Waals surface area contributed by atoms with Crippen molar-refractivity contribution < 1.29 is 5.21 Å². The molecule has 3 heteroatoms. The Kier molecular flexibility index (Phi) is 16.9. The molecule has 0 radical (unpaired) electrons. The highest BCUT2D eigenvalue weighted by Crippen LogP contribution is 2.12. The monoisotopic (exact) mass is 270 g/mol. The van der Waals surface area contributed by atoms with E-state index in [1.54, 1.807) is 11.8 Å². The minimum absolute atomic E-state index is 0.964. The summed E-state index contributed by atoms with van der Waals surface area (Å²) in [5, 5.41) is 11.8. The average Bonchev–Trinajstić information content (AvgIpc) is 2.43. The SMILES string of the molecule is CCCCCCCCCCCCCCCC=NNO. The molecule has 0 spiro atoms. The third-order valence-electron chi connectivity index (χ3n) is 3.59. The predicted molar refractivity (Wildman–Crippen MR) is 83.7 cm³/mol. The number of hydrogen-bond donors (Lipinski definition) is 2. The molecular weight excluding hydrogens is 236 g/mol. The fourth-order valence-corrected chi connectivity index (χ4v) is 2.36. The summed E-state index contributed by atoms with van der Waals surface area (Å²) in [6.45, 7) is 2.27. The first-order valence-electron chi connectivity index (χ1n) is 8.32. The number of hydrogen-bond acceptors (Lipinski definition) is 3. The summed E-state index contributed by atoms with van der Waals surface area (Å²) in [6, 6.07) is 0. The van der Waals surface area contributed by atoms with E-state index in [0.29, 0.717) is 0 Å². The van der Waals surface area contributed by atoms with Gasteiger partial charge in [0.15, 0.2) is 0 Å². The Morgan fingerprint density at radius 2 is 1.16 bits per heavy atom. The van der Waals surface area contributed by atoms with E-state index in [2.05, 4.69) is 12.0 Å². The van der Waals surface area contributed by atoms with Gasteiger partial charge in [-0.25, -0.2) is 0 Å². The van der Waals surface area contributed by atoms with Crippen molar-refractivity contribution >= 4 is 6.21 Å². The third kappa shape index (κ3) is 17.4. The highest BCUT2D eigenvalue weighted by Gasteiger charge is 1.93. The molecule has 3 nitrogen and oxygen atoms in total. The molecule has 0 saturated carbocycles. The van der Waals surface area contributed by atoms with Crippen LogP contribution in [-0.4, -0.2) is 11.4 Å². The van der Waals surface area contributed by atoms with Gasteiger partial charge in [0.2, 0.25) is 0 Å². The van der Waals surface area contributed by atoms with Gasteiger partial charge in [-0.2, -0.15) is 10.7 Å². The van der Waals surface area contributed by atoms with Crippen molar-refractivity contribution in [3.8, 4) is 0 Å². The Labute approximate surface area is 119 Å². The quantitative estimate of drug-likeness (QED) is 0.237. The summed E-state index contributed by atoms with van der Waals surface area (Å²) < 4.78 is 0. The van der Waals surface area contributed by atoms with Gasteiger partial charge >= 0.3 is 0 Å². The lowest BCUT2D eigenvalue weighted by Gasteiger charge is -2.02. The Bertz CT molecular complexity index is 184. The van der Waals surface area contributed by atoms with Gasteiger partial charge in [-0.3, -0.25) is 5.21 Å². The van der Waals surface area contributed by atoms with Crippen molar-refractivity contribution in [2.75, 3.05) is 0 Å². The topological polar surface area (TPSA) is 44.6 Å². The summed E-state index contributed by atoms with van der Waals surface area (Å²) in [4.78, 5) is 0. The first kappa shape index (κ1) is 18.4. The van der Waals surface area contributed by atoms with Crippen LogP contribution in [0.1, 0.15) is 96.8 Å². The van der Waals surface area contributed by atoms with E-state index in [1.807, 2.05) is 0 Å². The van der Waals surface area contributed by atoms with E-state index >= 15 is 0 Å². The lowest BCUT2D eigenvalue weighted by Crippen LogP contribution is -1.94.